The van der Waals surface area contributed by atoms with E-state index in [0.29, 0.717) is 0 Å². The summed E-state index contributed by atoms with van der Waals surface area (Å²) in [5.74, 6) is -0.206. The molecule has 0 aliphatic carbocycles. The van der Waals surface area contributed by atoms with Crippen LogP contribution in [0.2, 0.25) is 0 Å². The first kappa shape index (κ1) is 13.8. The number of alkyl halides is 3. The van der Waals surface area contributed by atoms with Crippen LogP contribution < -0.4 is 0 Å². The Morgan fingerprint density at radius 1 is 1.23 bits per heavy atom. The Hall–Kier alpha value is 0.780. The molecule has 3 nitrogen and oxygen atoms in total. The van der Waals surface area contributed by atoms with Gasteiger partial charge in [0, 0.05) is 0 Å². The van der Waals surface area contributed by atoms with E-state index in [2.05, 4.69) is 4.18 Å². The van der Waals surface area contributed by atoms with Crippen LogP contribution in [0.3, 0.4) is 0 Å². The first-order valence-corrected chi connectivity index (χ1v) is 6.44. The highest BCUT2D eigenvalue weighted by Gasteiger charge is 2.38. The minimum atomic E-state index is -3.60. The predicted molar refractivity (Wildman–Crippen MR) is 54.8 cm³/mol. The number of hydrogen-bond acceptors (Lipinski definition) is 3. The molecule has 80 valence electrons. The molecule has 0 aromatic carbocycles. The van der Waals surface area contributed by atoms with Gasteiger partial charge in [0.2, 0.25) is 3.79 Å². The number of halogens is 3. The van der Waals surface area contributed by atoms with Crippen molar-refractivity contribution < 1.29 is 12.6 Å². The van der Waals surface area contributed by atoms with Crippen molar-refractivity contribution >= 4 is 44.9 Å². The second-order valence-electron chi connectivity index (χ2n) is 3.01. The molecule has 1 atom stereocenters. The lowest BCUT2D eigenvalue weighted by molar-refractivity contribution is 0.164. The van der Waals surface area contributed by atoms with Gasteiger partial charge >= 0.3 is 0 Å². The lowest BCUT2D eigenvalue weighted by Crippen LogP contribution is -2.35. The highest BCUT2D eigenvalue weighted by atomic mass is 35.6. The zero-order valence-electron chi connectivity index (χ0n) is 7.42. The molecule has 0 heterocycles. The Kier molecular flexibility index (Phi) is 4.80. The van der Waals surface area contributed by atoms with Gasteiger partial charge < -0.3 is 0 Å². The smallest absolute Gasteiger partial charge is 0.262 e. The van der Waals surface area contributed by atoms with Gasteiger partial charge in [0.05, 0.1) is 6.26 Å². The lowest BCUT2D eigenvalue weighted by Gasteiger charge is -2.26. The van der Waals surface area contributed by atoms with Crippen LogP contribution in [0.1, 0.15) is 13.8 Å². The summed E-state index contributed by atoms with van der Waals surface area (Å²) in [5.41, 5.74) is 0. The van der Waals surface area contributed by atoms with Crippen LogP contribution in [0.4, 0.5) is 0 Å². The molecule has 0 rings (SSSR count). The summed E-state index contributed by atoms with van der Waals surface area (Å²) in [4.78, 5) is 0. The maximum Gasteiger partial charge on any atom is 0.264 e. The molecule has 0 N–H and O–H groups in total. The molecule has 0 spiro atoms. The van der Waals surface area contributed by atoms with Gasteiger partial charge in [-0.05, 0) is 5.92 Å². The molecule has 0 aromatic heterocycles. The Balaban J connectivity index is 4.66. The normalized spacial score (nSPS) is 16.2. The molecule has 7 heteroatoms. The third kappa shape index (κ3) is 5.96. The van der Waals surface area contributed by atoms with E-state index < -0.39 is 20.0 Å². The Morgan fingerprint density at radius 2 is 1.62 bits per heavy atom. The first-order valence-electron chi connectivity index (χ1n) is 3.49. The molecule has 0 bridgehead atoms. The fourth-order valence-electron chi connectivity index (χ4n) is 0.732. The summed E-state index contributed by atoms with van der Waals surface area (Å²) in [6.45, 7) is 3.41. The van der Waals surface area contributed by atoms with Crippen LogP contribution in [0.25, 0.3) is 0 Å². The fourth-order valence-corrected chi connectivity index (χ4v) is 2.52. The van der Waals surface area contributed by atoms with Gasteiger partial charge in [0.15, 0.2) is 0 Å². The van der Waals surface area contributed by atoms with E-state index in [0.717, 1.165) is 6.26 Å². The van der Waals surface area contributed by atoms with Crippen LogP contribution in [-0.2, 0) is 14.3 Å². The Morgan fingerprint density at radius 3 is 1.69 bits per heavy atom. The van der Waals surface area contributed by atoms with E-state index in [1.54, 1.807) is 13.8 Å². The highest BCUT2D eigenvalue weighted by Crippen LogP contribution is 2.36. The monoisotopic (exact) mass is 268 g/mol. The van der Waals surface area contributed by atoms with Crippen LogP contribution >= 0.6 is 34.8 Å². The van der Waals surface area contributed by atoms with Crippen LogP contribution in [0.5, 0.6) is 0 Å². The molecule has 1 unspecified atom stereocenters. The van der Waals surface area contributed by atoms with Crippen molar-refractivity contribution in [1.82, 2.24) is 0 Å². The van der Waals surface area contributed by atoms with Crippen LogP contribution in [0.15, 0.2) is 0 Å². The maximum absolute atomic E-state index is 10.8. The zero-order valence-corrected chi connectivity index (χ0v) is 10.5. The second-order valence-corrected chi connectivity index (χ2v) is 6.98. The third-order valence-corrected chi connectivity index (χ3v) is 2.41. The lowest BCUT2D eigenvalue weighted by atomic mass is 10.1. The van der Waals surface area contributed by atoms with E-state index in [4.69, 9.17) is 34.8 Å². The van der Waals surface area contributed by atoms with Gasteiger partial charge in [-0.15, -0.1) is 0 Å². The molecule has 13 heavy (non-hydrogen) atoms. The average molecular weight is 270 g/mol. The Labute approximate surface area is 93.4 Å². The molecule has 0 aromatic rings. The van der Waals surface area contributed by atoms with Crippen molar-refractivity contribution in [1.29, 1.82) is 0 Å². The van der Waals surface area contributed by atoms with Crippen LogP contribution in [-0.4, -0.2) is 24.6 Å². The highest BCUT2D eigenvalue weighted by molar-refractivity contribution is 7.86. The predicted octanol–water partition coefficient (Wildman–Crippen LogP) is 2.36. The fraction of sp³-hybridized carbons (Fsp3) is 1.00. The Bertz CT molecular complexity index is 255. The van der Waals surface area contributed by atoms with Crippen molar-refractivity contribution in [3.05, 3.63) is 0 Å². The molecular formula is C6H11Cl3O3S. The minimum absolute atomic E-state index is 0.206. The van der Waals surface area contributed by atoms with E-state index >= 15 is 0 Å². The van der Waals surface area contributed by atoms with E-state index in [1.165, 1.54) is 0 Å². The van der Waals surface area contributed by atoms with Gasteiger partial charge in [-0.1, -0.05) is 48.7 Å². The molecular weight excluding hydrogens is 258 g/mol. The zero-order chi connectivity index (χ0) is 10.9. The standard InChI is InChI=1S/C6H11Cl3O3S/c1-4(2)5(6(7,8)9)12-13(3,10)11/h4-5H,1-3H3. The summed E-state index contributed by atoms with van der Waals surface area (Å²) in [5, 5.41) is 0. The minimum Gasteiger partial charge on any atom is -0.262 e. The second kappa shape index (κ2) is 4.53. The topological polar surface area (TPSA) is 43.4 Å². The van der Waals surface area contributed by atoms with Crippen molar-refractivity contribution in [2.24, 2.45) is 5.92 Å². The largest absolute Gasteiger partial charge is 0.264 e. The van der Waals surface area contributed by atoms with Crippen LogP contribution in [0, 0.1) is 5.92 Å². The molecule has 0 aliphatic heterocycles. The van der Waals surface area contributed by atoms with E-state index in [-0.39, 0.29) is 5.92 Å². The van der Waals surface area contributed by atoms with Gasteiger partial charge in [-0.2, -0.15) is 8.42 Å². The molecule has 0 radical (unpaired) electrons. The van der Waals surface area contributed by atoms with Crippen molar-refractivity contribution in [2.75, 3.05) is 6.26 Å². The van der Waals surface area contributed by atoms with Gasteiger partial charge in [-0.25, -0.2) is 0 Å². The third-order valence-electron chi connectivity index (χ3n) is 1.21. The van der Waals surface area contributed by atoms with Gasteiger partial charge in [-0.3, -0.25) is 4.18 Å². The first-order chi connectivity index (χ1) is 5.54. The summed E-state index contributed by atoms with van der Waals surface area (Å²) in [6, 6.07) is 0. The molecule has 0 amide bonds. The average Bonchev–Trinajstić information content (AvgIpc) is 1.77. The van der Waals surface area contributed by atoms with E-state index in [9.17, 15) is 8.42 Å². The molecule has 0 saturated carbocycles. The number of rotatable bonds is 3. The van der Waals surface area contributed by atoms with Gasteiger partial charge in [0.25, 0.3) is 10.1 Å². The summed E-state index contributed by atoms with van der Waals surface area (Å²) in [6.07, 6.45) is -0.0498. The maximum atomic E-state index is 10.8. The molecule has 0 saturated heterocycles. The van der Waals surface area contributed by atoms with Crippen molar-refractivity contribution in [3.8, 4) is 0 Å². The van der Waals surface area contributed by atoms with E-state index in [1.807, 2.05) is 0 Å². The summed E-state index contributed by atoms with van der Waals surface area (Å²) in [7, 11) is -3.60. The molecule has 0 aliphatic rings. The quantitative estimate of drug-likeness (QED) is 0.583. The van der Waals surface area contributed by atoms with Gasteiger partial charge in [0.1, 0.15) is 6.10 Å². The summed E-state index contributed by atoms with van der Waals surface area (Å²) >= 11 is 16.6. The number of hydrogen-bond donors (Lipinski definition) is 0. The summed E-state index contributed by atoms with van der Waals surface area (Å²) < 4.78 is 24.5. The molecule has 0 fully saturated rings. The van der Waals surface area contributed by atoms with Crippen molar-refractivity contribution in [3.63, 3.8) is 0 Å². The van der Waals surface area contributed by atoms with Crippen molar-refractivity contribution in [2.45, 2.75) is 23.7 Å². The SMILES string of the molecule is CC(C)C(OS(C)(=O)=O)C(Cl)(Cl)Cl.